The maximum atomic E-state index is 2.48. The molecule has 0 aromatic heterocycles. The Bertz CT molecular complexity index is 493. The molecular formula is C17H21Zr. The minimum absolute atomic E-state index is 0.718. The van der Waals surface area contributed by atoms with E-state index in [0.717, 1.165) is 9.54 Å². The van der Waals surface area contributed by atoms with Crippen molar-refractivity contribution < 1.29 is 24.7 Å². The summed E-state index contributed by atoms with van der Waals surface area (Å²) in [6.45, 7) is 4.59. The Morgan fingerprint density at radius 1 is 1.06 bits per heavy atom. The van der Waals surface area contributed by atoms with Crippen LogP contribution in [0.25, 0.3) is 6.08 Å². The summed E-state index contributed by atoms with van der Waals surface area (Å²) >= 11 is 1.64. The summed E-state index contributed by atoms with van der Waals surface area (Å²) in [5.41, 5.74) is 7.98. The molecule has 0 amide bonds. The predicted molar refractivity (Wildman–Crippen MR) is 73.4 cm³/mol. The number of hydrogen-bond acceptors (Lipinski definition) is 0. The molecule has 1 saturated carbocycles. The van der Waals surface area contributed by atoms with E-state index in [4.69, 9.17) is 0 Å². The van der Waals surface area contributed by atoms with E-state index in [9.17, 15) is 0 Å². The van der Waals surface area contributed by atoms with E-state index in [0.29, 0.717) is 0 Å². The molecule has 0 aliphatic heterocycles. The van der Waals surface area contributed by atoms with Gasteiger partial charge in [0.2, 0.25) is 0 Å². The normalized spacial score (nSPS) is 23.8. The third-order valence-corrected chi connectivity index (χ3v) is 6.53. The molecule has 1 aromatic carbocycles. The van der Waals surface area contributed by atoms with Crippen molar-refractivity contribution >= 4 is 6.08 Å². The quantitative estimate of drug-likeness (QED) is 0.680. The topological polar surface area (TPSA) is 0 Å². The van der Waals surface area contributed by atoms with Crippen LogP contribution in [-0.4, -0.2) is 0 Å². The molecule has 0 heterocycles. The van der Waals surface area contributed by atoms with E-state index in [-0.39, 0.29) is 0 Å². The summed E-state index contributed by atoms with van der Waals surface area (Å²) in [6, 6.07) is 4.79. The fraction of sp³-hybridized carbons (Fsp3) is 0.529. The fourth-order valence-electron chi connectivity index (χ4n) is 3.61. The SMILES string of the molecule is CC1=Cc2c(C3CCCCC3)ccc(C)c2[CH]1[Zr]. The zero-order valence-corrected chi connectivity index (χ0v) is 13.9. The molecule has 0 N–H and O–H groups in total. The monoisotopic (exact) mass is 315 g/mol. The van der Waals surface area contributed by atoms with Crippen LogP contribution in [0, 0.1) is 6.92 Å². The van der Waals surface area contributed by atoms with Gasteiger partial charge in [0.1, 0.15) is 0 Å². The number of hydrogen-bond donors (Lipinski definition) is 0. The van der Waals surface area contributed by atoms with Gasteiger partial charge >= 0.3 is 126 Å². The van der Waals surface area contributed by atoms with E-state index >= 15 is 0 Å². The third-order valence-electron chi connectivity index (χ3n) is 4.70. The van der Waals surface area contributed by atoms with Gasteiger partial charge in [0.05, 0.1) is 0 Å². The second-order valence-electron chi connectivity index (χ2n) is 5.96. The molecule has 3 rings (SSSR count). The van der Waals surface area contributed by atoms with Crippen LogP contribution in [0.15, 0.2) is 17.7 Å². The van der Waals surface area contributed by atoms with Crippen molar-refractivity contribution in [1.29, 1.82) is 0 Å². The molecule has 1 aromatic rings. The molecule has 1 heteroatoms. The number of fused-ring (bicyclic) bond motifs is 1. The van der Waals surface area contributed by atoms with Crippen molar-refractivity contribution in [2.45, 2.75) is 55.5 Å². The van der Waals surface area contributed by atoms with Crippen LogP contribution < -0.4 is 0 Å². The molecule has 93 valence electrons. The van der Waals surface area contributed by atoms with Crippen LogP contribution in [0.4, 0.5) is 0 Å². The second-order valence-corrected chi connectivity index (χ2v) is 7.37. The Kier molecular flexibility index (Phi) is 3.63. The van der Waals surface area contributed by atoms with Crippen LogP contribution in [-0.2, 0) is 24.7 Å². The van der Waals surface area contributed by atoms with Gasteiger partial charge in [-0.2, -0.15) is 0 Å². The van der Waals surface area contributed by atoms with Gasteiger partial charge in [-0.05, 0) is 0 Å². The first-order valence-corrected chi connectivity index (χ1v) is 8.63. The summed E-state index contributed by atoms with van der Waals surface area (Å²) in [6.07, 6.45) is 9.59. The van der Waals surface area contributed by atoms with Gasteiger partial charge in [-0.3, -0.25) is 0 Å². The van der Waals surface area contributed by atoms with Crippen LogP contribution in [0.3, 0.4) is 0 Å². The van der Waals surface area contributed by atoms with E-state index in [2.05, 4.69) is 32.1 Å². The molecule has 2 aliphatic rings. The average molecular weight is 317 g/mol. The number of aryl methyl sites for hydroxylation is 1. The van der Waals surface area contributed by atoms with E-state index in [1.807, 2.05) is 0 Å². The van der Waals surface area contributed by atoms with Crippen LogP contribution in [0.2, 0.25) is 0 Å². The first kappa shape index (κ1) is 12.9. The maximum absolute atomic E-state index is 2.48. The molecule has 18 heavy (non-hydrogen) atoms. The minimum atomic E-state index is 0.718. The number of benzene rings is 1. The zero-order chi connectivity index (χ0) is 12.7. The number of rotatable bonds is 1. The van der Waals surface area contributed by atoms with Crippen molar-refractivity contribution in [3.8, 4) is 0 Å². The molecule has 0 saturated heterocycles. The molecule has 2 aliphatic carbocycles. The van der Waals surface area contributed by atoms with Gasteiger partial charge in [0.25, 0.3) is 0 Å². The molecule has 1 unspecified atom stereocenters. The van der Waals surface area contributed by atoms with Gasteiger partial charge < -0.3 is 0 Å². The van der Waals surface area contributed by atoms with Crippen LogP contribution >= 0.6 is 0 Å². The molecule has 0 radical (unpaired) electrons. The summed E-state index contributed by atoms with van der Waals surface area (Å²) < 4.78 is 0.718. The van der Waals surface area contributed by atoms with Gasteiger partial charge in [-0.25, -0.2) is 0 Å². The van der Waals surface area contributed by atoms with E-state index < -0.39 is 0 Å². The van der Waals surface area contributed by atoms with E-state index in [1.165, 1.54) is 37.7 Å². The van der Waals surface area contributed by atoms with Crippen LogP contribution in [0.1, 0.15) is 70.8 Å². The Morgan fingerprint density at radius 2 is 1.78 bits per heavy atom. The molecular weight excluding hydrogens is 295 g/mol. The average Bonchev–Trinajstić information content (AvgIpc) is 2.68. The second kappa shape index (κ2) is 5.08. The van der Waals surface area contributed by atoms with Crippen molar-refractivity contribution in [1.82, 2.24) is 0 Å². The standard InChI is InChI=1S/C17H21.Zr/c1-12-10-16-13(2)8-9-15(17(16)11-12)14-6-4-3-5-7-14;/h8-11,14H,3-7H2,1-2H3;. The summed E-state index contributed by atoms with van der Waals surface area (Å²) in [4.78, 5) is 0. The first-order valence-electron chi connectivity index (χ1n) is 7.21. The van der Waals surface area contributed by atoms with Crippen molar-refractivity contribution in [2.75, 3.05) is 0 Å². The Morgan fingerprint density at radius 3 is 2.50 bits per heavy atom. The fourth-order valence-corrected chi connectivity index (χ4v) is 4.76. The van der Waals surface area contributed by atoms with Crippen molar-refractivity contribution in [3.05, 3.63) is 40.0 Å². The van der Waals surface area contributed by atoms with Crippen molar-refractivity contribution in [3.63, 3.8) is 0 Å². The van der Waals surface area contributed by atoms with Gasteiger partial charge in [-0.15, -0.1) is 0 Å². The Labute approximate surface area is 126 Å². The molecule has 0 bridgehead atoms. The Balaban J connectivity index is 2.06. The van der Waals surface area contributed by atoms with Crippen molar-refractivity contribution in [2.24, 2.45) is 0 Å². The summed E-state index contributed by atoms with van der Waals surface area (Å²) in [5, 5.41) is 0. The van der Waals surface area contributed by atoms with Gasteiger partial charge in [0, 0.05) is 0 Å². The van der Waals surface area contributed by atoms with Gasteiger partial charge in [-0.1, -0.05) is 0 Å². The zero-order valence-electron chi connectivity index (χ0n) is 11.4. The summed E-state index contributed by atoms with van der Waals surface area (Å²) in [7, 11) is 0. The molecule has 0 spiro atoms. The first-order chi connectivity index (χ1) is 8.68. The third kappa shape index (κ3) is 2.09. The molecule has 1 fully saturated rings. The number of allylic oxidation sites excluding steroid dienone is 1. The summed E-state index contributed by atoms with van der Waals surface area (Å²) in [5.74, 6) is 0.832. The molecule has 1 atom stereocenters. The van der Waals surface area contributed by atoms with Gasteiger partial charge in [0.15, 0.2) is 0 Å². The van der Waals surface area contributed by atoms with Crippen LogP contribution in [0.5, 0.6) is 0 Å². The van der Waals surface area contributed by atoms with E-state index in [1.54, 1.807) is 47.0 Å². The Hall–Kier alpha value is -0.157. The predicted octanol–water partition coefficient (Wildman–Crippen LogP) is 5.05. The molecule has 0 nitrogen and oxygen atoms in total.